The van der Waals surface area contributed by atoms with Crippen LogP contribution in [-0.2, 0) is 4.79 Å². The van der Waals surface area contributed by atoms with Gasteiger partial charge in [0, 0.05) is 0 Å². The summed E-state index contributed by atoms with van der Waals surface area (Å²) in [6.07, 6.45) is 4.82. The van der Waals surface area contributed by atoms with Crippen LogP contribution in [0.1, 0.15) is 32.6 Å². The Balaban J connectivity index is 2.39. The molecule has 0 bridgehead atoms. The number of carbonyl (C=O) groups is 1. The highest BCUT2D eigenvalue weighted by Gasteiger charge is 2.24. The van der Waals surface area contributed by atoms with Crippen molar-refractivity contribution in [2.45, 2.75) is 38.6 Å². The first-order chi connectivity index (χ1) is 4.72. The van der Waals surface area contributed by atoms with E-state index in [0.717, 1.165) is 12.8 Å². The van der Waals surface area contributed by atoms with Crippen LogP contribution >= 0.6 is 0 Å². The number of hydrogen-bond acceptors (Lipinski definition) is 2. The summed E-state index contributed by atoms with van der Waals surface area (Å²) in [5.74, 6) is 0.629. The maximum Gasteiger partial charge on any atom is 0.146 e. The Hall–Kier alpha value is -0.370. The molecule has 0 spiro atoms. The number of ketones is 1. The third-order valence-corrected chi connectivity index (χ3v) is 2.38. The van der Waals surface area contributed by atoms with Crippen LogP contribution in [0.5, 0.6) is 0 Å². The van der Waals surface area contributed by atoms with Crippen LogP contribution in [0.3, 0.4) is 0 Å². The quantitative estimate of drug-likeness (QED) is 0.625. The van der Waals surface area contributed by atoms with Crippen molar-refractivity contribution >= 4 is 5.78 Å². The fraction of sp³-hybridized carbons (Fsp3) is 0.875. The fourth-order valence-corrected chi connectivity index (χ4v) is 1.65. The normalized spacial score (nSPS) is 23.0. The molecule has 1 aliphatic rings. The molecule has 0 aromatic rings. The van der Waals surface area contributed by atoms with Gasteiger partial charge in [0.25, 0.3) is 0 Å². The molecule has 0 unspecified atom stereocenters. The maximum atomic E-state index is 10.8. The average molecular weight is 141 g/mol. The van der Waals surface area contributed by atoms with Gasteiger partial charge >= 0.3 is 0 Å². The Morgan fingerprint density at radius 2 is 2.00 bits per heavy atom. The molecule has 2 N–H and O–H groups in total. The third-order valence-electron chi connectivity index (χ3n) is 2.38. The fourth-order valence-electron chi connectivity index (χ4n) is 1.65. The van der Waals surface area contributed by atoms with Gasteiger partial charge in [-0.3, -0.25) is 4.79 Å². The van der Waals surface area contributed by atoms with Crippen LogP contribution < -0.4 is 5.73 Å². The van der Waals surface area contributed by atoms with Gasteiger partial charge in [-0.05, 0) is 25.7 Å². The van der Waals surface area contributed by atoms with Crippen molar-refractivity contribution < 1.29 is 4.79 Å². The minimum absolute atomic E-state index is 0.145. The number of nitrogens with two attached hydrogens (primary N) is 1. The SMILES string of the molecule is CC(=O)[C@@H](N)C1CCCC1. The molecule has 0 heterocycles. The first kappa shape index (κ1) is 7.73. The van der Waals surface area contributed by atoms with Gasteiger partial charge in [-0.1, -0.05) is 12.8 Å². The van der Waals surface area contributed by atoms with Gasteiger partial charge in [0.2, 0.25) is 0 Å². The summed E-state index contributed by atoms with van der Waals surface area (Å²) in [6, 6.07) is -0.178. The van der Waals surface area contributed by atoms with Gasteiger partial charge in [-0.25, -0.2) is 0 Å². The van der Waals surface area contributed by atoms with Crippen LogP contribution in [0.25, 0.3) is 0 Å². The van der Waals surface area contributed by atoms with Gasteiger partial charge in [-0.2, -0.15) is 0 Å². The summed E-state index contributed by atoms with van der Waals surface area (Å²) in [4.78, 5) is 10.8. The first-order valence-corrected chi connectivity index (χ1v) is 3.98. The lowest BCUT2D eigenvalue weighted by Gasteiger charge is -2.14. The van der Waals surface area contributed by atoms with E-state index in [-0.39, 0.29) is 11.8 Å². The molecule has 0 aromatic carbocycles. The molecule has 0 radical (unpaired) electrons. The molecule has 10 heavy (non-hydrogen) atoms. The van der Waals surface area contributed by atoms with E-state index < -0.39 is 0 Å². The summed E-state index contributed by atoms with van der Waals surface area (Å²) in [5, 5.41) is 0. The Labute approximate surface area is 61.8 Å². The van der Waals surface area contributed by atoms with Gasteiger partial charge in [0.15, 0.2) is 0 Å². The lowest BCUT2D eigenvalue weighted by Crippen LogP contribution is -2.35. The summed E-state index contributed by atoms with van der Waals surface area (Å²) in [7, 11) is 0. The van der Waals surface area contributed by atoms with Gasteiger partial charge < -0.3 is 5.73 Å². The molecular formula is C8H15NO. The molecule has 1 aliphatic carbocycles. The highest BCUT2D eigenvalue weighted by Crippen LogP contribution is 2.26. The smallest absolute Gasteiger partial charge is 0.146 e. The predicted molar refractivity (Wildman–Crippen MR) is 40.6 cm³/mol. The summed E-state index contributed by atoms with van der Waals surface area (Å²) < 4.78 is 0. The molecule has 1 rings (SSSR count). The van der Waals surface area contributed by atoms with E-state index in [0.29, 0.717) is 5.92 Å². The Kier molecular flexibility index (Phi) is 2.44. The molecule has 1 fully saturated rings. The molecule has 0 saturated heterocycles. The van der Waals surface area contributed by atoms with E-state index in [9.17, 15) is 4.79 Å². The first-order valence-electron chi connectivity index (χ1n) is 3.98. The number of hydrogen-bond donors (Lipinski definition) is 1. The van der Waals surface area contributed by atoms with Crippen LogP contribution in [0, 0.1) is 5.92 Å². The largest absolute Gasteiger partial charge is 0.321 e. The second-order valence-electron chi connectivity index (χ2n) is 3.18. The van der Waals surface area contributed by atoms with Crippen molar-refractivity contribution in [3.8, 4) is 0 Å². The second kappa shape index (κ2) is 3.15. The van der Waals surface area contributed by atoms with Gasteiger partial charge in [-0.15, -0.1) is 0 Å². The zero-order chi connectivity index (χ0) is 7.56. The number of rotatable bonds is 2. The van der Waals surface area contributed by atoms with Crippen molar-refractivity contribution in [2.24, 2.45) is 11.7 Å². The topological polar surface area (TPSA) is 43.1 Å². The van der Waals surface area contributed by atoms with Crippen molar-refractivity contribution in [2.75, 3.05) is 0 Å². The minimum atomic E-state index is -0.178. The molecule has 2 heteroatoms. The van der Waals surface area contributed by atoms with Crippen molar-refractivity contribution in [3.05, 3.63) is 0 Å². The molecule has 1 saturated carbocycles. The van der Waals surface area contributed by atoms with E-state index in [1.54, 1.807) is 6.92 Å². The molecule has 0 aliphatic heterocycles. The van der Waals surface area contributed by atoms with Crippen molar-refractivity contribution in [3.63, 3.8) is 0 Å². The zero-order valence-corrected chi connectivity index (χ0v) is 6.47. The molecule has 0 aromatic heterocycles. The lowest BCUT2D eigenvalue weighted by molar-refractivity contribution is -0.119. The van der Waals surface area contributed by atoms with Crippen LogP contribution in [0.4, 0.5) is 0 Å². The van der Waals surface area contributed by atoms with Crippen LogP contribution in [0.2, 0.25) is 0 Å². The van der Waals surface area contributed by atoms with Gasteiger partial charge in [0.05, 0.1) is 6.04 Å². The van der Waals surface area contributed by atoms with E-state index >= 15 is 0 Å². The highest BCUT2D eigenvalue weighted by atomic mass is 16.1. The predicted octanol–water partition coefficient (Wildman–Crippen LogP) is 1.09. The van der Waals surface area contributed by atoms with Crippen molar-refractivity contribution in [1.29, 1.82) is 0 Å². The molecule has 2 nitrogen and oxygen atoms in total. The summed E-state index contributed by atoms with van der Waals surface area (Å²) in [5.41, 5.74) is 5.67. The van der Waals surface area contributed by atoms with E-state index in [4.69, 9.17) is 5.73 Å². The number of carbonyl (C=O) groups excluding carboxylic acids is 1. The minimum Gasteiger partial charge on any atom is -0.321 e. The number of Topliss-reactive ketones (excluding diaryl/α,β-unsaturated/α-hetero) is 1. The zero-order valence-electron chi connectivity index (χ0n) is 6.47. The van der Waals surface area contributed by atoms with Crippen LogP contribution in [0.15, 0.2) is 0 Å². The van der Waals surface area contributed by atoms with Gasteiger partial charge in [0.1, 0.15) is 5.78 Å². The molecule has 0 amide bonds. The molecular weight excluding hydrogens is 126 g/mol. The van der Waals surface area contributed by atoms with E-state index in [1.807, 2.05) is 0 Å². The average Bonchev–Trinajstić information content (AvgIpc) is 2.36. The lowest BCUT2D eigenvalue weighted by atomic mass is 9.96. The van der Waals surface area contributed by atoms with Crippen LogP contribution in [-0.4, -0.2) is 11.8 Å². The van der Waals surface area contributed by atoms with Crippen molar-refractivity contribution in [1.82, 2.24) is 0 Å². The monoisotopic (exact) mass is 141 g/mol. The summed E-state index contributed by atoms with van der Waals surface area (Å²) >= 11 is 0. The van der Waals surface area contributed by atoms with E-state index in [1.165, 1.54) is 12.8 Å². The molecule has 58 valence electrons. The Morgan fingerprint density at radius 1 is 1.50 bits per heavy atom. The molecule has 1 atom stereocenters. The highest BCUT2D eigenvalue weighted by molar-refractivity contribution is 5.81. The second-order valence-corrected chi connectivity index (χ2v) is 3.18. The summed E-state index contributed by atoms with van der Waals surface area (Å²) in [6.45, 7) is 1.59. The standard InChI is InChI=1S/C8H15NO/c1-6(10)8(9)7-4-2-3-5-7/h7-8H,2-5,9H2,1H3/t8-/m1/s1. The third kappa shape index (κ3) is 1.57. The Morgan fingerprint density at radius 3 is 2.40 bits per heavy atom. The maximum absolute atomic E-state index is 10.8. The Bertz CT molecular complexity index is 127. The van der Waals surface area contributed by atoms with E-state index in [2.05, 4.69) is 0 Å².